The second kappa shape index (κ2) is 14.2. The second-order valence-corrected chi connectivity index (χ2v) is 17.1. The van der Waals surface area contributed by atoms with Gasteiger partial charge in [0.25, 0.3) is 0 Å². The van der Waals surface area contributed by atoms with Crippen molar-refractivity contribution in [1.82, 2.24) is 19.5 Å². The molecular formula is C57H34N4OS. The molecule has 0 atom stereocenters. The van der Waals surface area contributed by atoms with Gasteiger partial charge in [-0.25, -0.2) is 15.0 Å². The summed E-state index contributed by atoms with van der Waals surface area (Å²) in [6.45, 7) is 0. The van der Waals surface area contributed by atoms with Gasteiger partial charge in [0.1, 0.15) is 11.2 Å². The van der Waals surface area contributed by atoms with Gasteiger partial charge in [-0.3, -0.25) is 0 Å². The van der Waals surface area contributed by atoms with Gasteiger partial charge in [0, 0.05) is 70.2 Å². The maximum atomic E-state index is 6.70. The second-order valence-electron chi connectivity index (χ2n) is 16.0. The number of thiophene rings is 1. The van der Waals surface area contributed by atoms with Gasteiger partial charge in [0.2, 0.25) is 0 Å². The van der Waals surface area contributed by atoms with Crippen molar-refractivity contribution in [2.45, 2.75) is 0 Å². The Morgan fingerprint density at radius 1 is 0.349 bits per heavy atom. The van der Waals surface area contributed by atoms with Crippen molar-refractivity contribution < 1.29 is 4.42 Å². The third-order valence-corrected chi connectivity index (χ3v) is 13.4. The summed E-state index contributed by atoms with van der Waals surface area (Å²) in [6, 6.07) is 72.6. The first-order valence-corrected chi connectivity index (χ1v) is 21.9. The lowest BCUT2D eigenvalue weighted by Crippen LogP contribution is -2.00. The molecule has 0 amide bonds. The summed E-state index contributed by atoms with van der Waals surface area (Å²) >= 11 is 1.80. The Bertz CT molecular complexity index is 3850. The van der Waals surface area contributed by atoms with Gasteiger partial charge in [0.15, 0.2) is 17.5 Å². The average Bonchev–Trinajstić information content (AvgIpc) is 4.03. The van der Waals surface area contributed by atoms with E-state index >= 15 is 0 Å². The molecule has 4 aromatic heterocycles. The van der Waals surface area contributed by atoms with Gasteiger partial charge < -0.3 is 8.98 Å². The summed E-state index contributed by atoms with van der Waals surface area (Å²) in [6.07, 6.45) is 0. The Morgan fingerprint density at radius 2 is 0.873 bits per heavy atom. The standard InChI is InChI=1S/C57H34N4OS/c1-3-12-35(13-4-1)36-22-24-38(25-23-36)55-58-56(60-57(59-55)40-27-30-47-53(33-40)63-52-21-11-18-42(54(47)52)37-14-5-2-6-15-37)39-26-29-45-46-31-28-41(34-51(46)62-50(45)32-39)61-48-19-9-7-16-43(48)44-17-8-10-20-49(44)61/h1-34H. The number of rotatable bonds is 6. The van der Waals surface area contributed by atoms with Crippen LogP contribution >= 0.6 is 11.3 Å². The van der Waals surface area contributed by atoms with Gasteiger partial charge >= 0.3 is 0 Å². The zero-order valence-electron chi connectivity index (χ0n) is 33.7. The largest absolute Gasteiger partial charge is 0.456 e. The molecule has 0 saturated heterocycles. The van der Waals surface area contributed by atoms with Crippen molar-refractivity contribution in [3.8, 4) is 62.1 Å². The topological polar surface area (TPSA) is 56.7 Å². The minimum atomic E-state index is 0.582. The minimum absolute atomic E-state index is 0.582. The average molecular weight is 823 g/mol. The summed E-state index contributed by atoms with van der Waals surface area (Å²) in [5.41, 5.74) is 12.4. The van der Waals surface area contributed by atoms with E-state index < -0.39 is 0 Å². The van der Waals surface area contributed by atoms with E-state index in [-0.39, 0.29) is 0 Å². The highest BCUT2D eigenvalue weighted by Gasteiger charge is 2.19. The predicted molar refractivity (Wildman–Crippen MR) is 262 cm³/mol. The lowest BCUT2D eigenvalue weighted by atomic mass is 9.99. The van der Waals surface area contributed by atoms with Crippen LogP contribution in [0.5, 0.6) is 0 Å². The molecule has 0 N–H and O–H groups in total. The van der Waals surface area contributed by atoms with E-state index in [4.69, 9.17) is 19.4 Å². The van der Waals surface area contributed by atoms with Crippen molar-refractivity contribution >= 4 is 75.3 Å². The van der Waals surface area contributed by atoms with Crippen molar-refractivity contribution in [3.05, 3.63) is 206 Å². The van der Waals surface area contributed by atoms with Crippen molar-refractivity contribution in [2.75, 3.05) is 0 Å². The molecule has 63 heavy (non-hydrogen) atoms. The molecule has 0 bridgehead atoms. The molecule has 0 unspecified atom stereocenters. The minimum Gasteiger partial charge on any atom is -0.456 e. The number of hydrogen-bond acceptors (Lipinski definition) is 5. The van der Waals surface area contributed by atoms with Crippen LogP contribution in [0.2, 0.25) is 0 Å². The molecule has 5 nitrogen and oxygen atoms in total. The van der Waals surface area contributed by atoms with Gasteiger partial charge in [-0.2, -0.15) is 0 Å². The predicted octanol–water partition coefficient (Wildman–Crippen LogP) is 15.6. The van der Waals surface area contributed by atoms with Crippen molar-refractivity contribution in [2.24, 2.45) is 0 Å². The van der Waals surface area contributed by atoms with Gasteiger partial charge in [0.05, 0.1) is 11.0 Å². The van der Waals surface area contributed by atoms with E-state index in [2.05, 4.69) is 205 Å². The monoisotopic (exact) mass is 822 g/mol. The smallest absolute Gasteiger partial charge is 0.164 e. The maximum Gasteiger partial charge on any atom is 0.164 e. The number of hydrogen-bond donors (Lipinski definition) is 0. The SMILES string of the molecule is c1ccc(-c2ccc(-c3nc(-c4ccc5c(c4)oc4cc(-n6c7ccccc7c7ccccc76)ccc45)nc(-c4ccc5c(c4)sc4cccc(-c6ccccc6)c45)n3)cc2)cc1. The van der Waals surface area contributed by atoms with Crippen molar-refractivity contribution in [1.29, 1.82) is 0 Å². The van der Waals surface area contributed by atoms with Crippen LogP contribution in [0, 0.1) is 0 Å². The zero-order chi connectivity index (χ0) is 41.4. The summed E-state index contributed by atoms with van der Waals surface area (Å²) in [4.78, 5) is 15.5. The Hall–Kier alpha value is -8.19. The number of benzene rings is 9. The van der Waals surface area contributed by atoms with E-state index in [1.54, 1.807) is 11.3 Å². The Kier molecular flexibility index (Phi) is 8.01. The molecule has 9 aromatic carbocycles. The van der Waals surface area contributed by atoms with Crippen LogP contribution in [-0.2, 0) is 0 Å². The molecule has 0 radical (unpaired) electrons. The van der Waals surface area contributed by atoms with Crippen LogP contribution in [0.1, 0.15) is 0 Å². The van der Waals surface area contributed by atoms with Crippen LogP contribution in [0.4, 0.5) is 0 Å². The first kappa shape index (κ1) is 35.6. The number of para-hydroxylation sites is 2. The third kappa shape index (κ3) is 5.87. The van der Waals surface area contributed by atoms with Crippen LogP contribution in [0.25, 0.3) is 126 Å². The van der Waals surface area contributed by atoms with E-state index in [1.165, 1.54) is 42.1 Å². The fraction of sp³-hybridized carbons (Fsp3) is 0. The third-order valence-electron chi connectivity index (χ3n) is 12.3. The van der Waals surface area contributed by atoms with Gasteiger partial charge in [-0.05, 0) is 70.8 Å². The fourth-order valence-corrected chi connectivity index (χ4v) is 10.4. The van der Waals surface area contributed by atoms with Gasteiger partial charge in [-0.1, -0.05) is 152 Å². The summed E-state index contributed by atoms with van der Waals surface area (Å²) < 4.78 is 11.5. The van der Waals surface area contributed by atoms with Crippen molar-refractivity contribution in [3.63, 3.8) is 0 Å². The van der Waals surface area contributed by atoms with Crippen LogP contribution in [0.3, 0.4) is 0 Å². The molecule has 13 aromatic rings. The highest BCUT2D eigenvalue weighted by Crippen LogP contribution is 2.42. The lowest BCUT2D eigenvalue weighted by molar-refractivity contribution is 0.668. The number of fused-ring (bicyclic) bond motifs is 9. The number of furan rings is 1. The summed E-state index contributed by atoms with van der Waals surface area (Å²) in [5, 5.41) is 7.05. The molecule has 0 fully saturated rings. The molecule has 0 aliphatic heterocycles. The first-order chi connectivity index (χ1) is 31.2. The Morgan fingerprint density at radius 3 is 1.57 bits per heavy atom. The van der Waals surface area contributed by atoms with Crippen LogP contribution in [-0.4, -0.2) is 19.5 Å². The van der Waals surface area contributed by atoms with E-state index in [0.29, 0.717) is 17.5 Å². The molecule has 294 valence electrons. The molecule has 0 spiro atoms. The molecule has 0 aliphatic carbocycles. The van der Waals surface area contributed by atoms with E-state index in [9.17, 15) is 0 Å². The number of nitrogens with zero attached hydrogens (tertiary/aromatic N) is 4. The maximum absolute atomic E-state index is 6.70. The molecule has 4 heterocycles. The zero-order valence-corrected chi connectivity index (χ0v) is 34.6. The summed E-state index contributed by atoms with van der Waals surface area (Å²) in [7, 11) is 0. The highest BCUT2D eigenvalue weighted by atomic mass is 32.1. The van der Waals surface area contributed by atoms with Crippen LogP contribution in [0.15, 0.2) is 211 Å². The highest BCUT2D eigenvalue weighted by molar-refractivity contribution is 7.26. The van der Waals surface area contributed by atoms with E-state index in [1.807, 2.05) is 6.07 Å². The Labute approximate surface area is 365 Å². The summed E-state index contributed by atoms with van der Waals surface area (Å²) in [5.74, 6) is 1.81. The van der Waals surface area contributed by atoms with Crippen LogP contribution < -0.4 is 0 Å². The molecule has 0 aliphatic rings. The fourth-order valence-electron chi connectivity index (χ4n) is 9.27. The normalized spacial score (nSPS) is 11.8. The molecular weight excluding hydrogens is 789 g/mol. The number of aromatic nitrogens is 4. The molecule has 6 heteroatoms. The van der Waals surface area contributed by atoms with Gasteiger partial charge in [-0.15, -0.1) is 11.3 Å². The first-order valence-electron chi connectivity index (χ1n) is 21.1. The molecule has 13 rings (SSSR count). The molecule has 0 saturated carbocycles. The lowest BCUT2D eigenvalue weighted by Gasteiger charge is -2.10. The quantitative estimate of drug-likeness (QED) is 0.168. The van der Waals surface area contributed by atoms with E-state index in [0.717, 1.165) is 66.5 Å². The Balaban J connectivity index is 0.942.